The van der Waals surface area contributed by atoms with Crippen LogP contribution in [0.3, 0.4) is 0 Å². The fourth-order valence-electron chi connectivity index (χ4n) is 3.84. The van der Waals surface area contributed by atoms with Crippen LogP contribution >= 0.6 is 11.3 Å². The number of carbonyl (C=O) groups is 2. The number of thiophene rings is 1. The number of halogens is 6. The van der Waals surface area contributed by atoms with Gasteiger partial charge in [0.1, 0.15) is 5.82 Å². The molecule has 200 valence electrons. The summed E-state index contributed by atoms with van der Waals surface area (Å²) < 4.78 is 72.8. The highest BCUT2D eigenvalue weighted by atomic mass is 32.1. The van der Waals surface area contributed by atoms with Crippen molar-refractivity contribution < 1.29 is 41.0 Å². The van der Waals surface area contributed by atoms with Gasteiger partial charge in [0.15, 0.2) is 0 Å². The molecule has 1 aliphatic heterocycles. The minimum Gasteiger partial charge on any atom is -0.475 e. The van der Waals surface area contributed by atoms with Gasteiger partial charge in [-0.3, -0.25) is 4.79 Å². The second-order valence-corrected chi connectivity index (χ2v) is 9.65. The van der Waals surface area contributed by atoms with E-state index in [0.29, 0.717) is 24.8 Å². The standard InChI is InChI=1S/C20H25F3N4OS.C2HF3O2/c1-24-19(28)14-11-29-18-15(20(21,22)23)8-16(26-17(14)18)27-6-4-13(5-7-27)10-25-9-12-2-3-12;3-2(4,5)1(6)7/h8,11-13,25H,2-7,9-10H2,1H3,(H,24,28);(H,6,7). The number of anilines is 1. The number of nitrogens with one attached hydrogen (secondary N) is 2. The van der Waals surface area contributed by atoms with Crippen molar-refractivity contribution in [1.82, 2.24) is 15.6 Å². The number of alkyl halides is 6. The number of carboxylic acid groups (broad SMARTS) is 1. The molecule has 2 fully saturated rings. The molecule has 3 heterocycles. The van der Waals surface area contributed by atoms with Crippen LogP contribution < -0.4 is 15.5 Å². The number of fused-ring (bicyclic) bond motifs is 1. The Kier molecular flexibility index (Phi) is 8.70. The van der Waals surface area contributed by atoms with Gasteiger partial charge >= 0.3 is 18.3 Å². The van der Waals surface area contributed by atoms with Crippen LogP contribution in [-0.2, 0) is 11.0 Å². The number of nitrogens with zero attached hydrogens (tertiary/aromatic N) is 2. The molecular formula is C22H26F6N4O3S. The molecule has 0 radical (unpaired) electrons. The quantitative estimate of drug-likeness (QED) is 0.467. The van der Waals surface area contributed by atoms with E-state index in [1.807, 2.05) is 4.90 Å². The van der Waals surface area contributed by atoms with Gasteiger partial charge < -0.3 is 20.6 Å². The van der Waals surface area contributed by atoms with E-state index in [1.165, 1.54) is 25.3 Å². The summed E-state index contributed by atoms with van der Waals surface area (Å²) in [7, 11) is 1.46. The molecule has 14 heteroatoms. The van der Waals surface area contributed by atoms with Crippen LogP contribution in [0.25, 0.3) is 10.2 Å². The Labute approximate surface area is 206 Å². The lowest BCUT2D eigenvalue weighted by Crippen LogP contribution is -2.38. The van der Waals surface area contributed by atoms with Gasteiger partial charge in [-0.25, -0.2) is 9.78 Å². The average molecular weight is 541 g/mol. The molecule has 1 saturated heterocycles. The van der Waals surface area contributed by atoms with E-state index in [0.717, 1.165) is 49.3 Å². The number of piperidine rings is 1. The summed E-state index contributed by atoms with van der Waals surface area (Å²) in [6, 6.07) is 1.14. The smallest absolute Gasteiger partial charge is 0.475 e. The number of aliphatic carboxylic acids is 1. The fourth-order valence-corrected chi connectivity index (χ4v) is 4.87. The van der Waals surface area contributed by atoms with Crippen molar-refractivity contribution >= 4 is 39.2 Å². The third-order valence-corrected chi connectivity index (χ3v) is 7.03. The summed E-state index contributed by atoms with van der Waals surface area (Å²) in [4.78, 5) is 27.4. The number of aromatic nitrogens is 1. The van der Waals surface area contributed by atoms with E-state index in [-0.39, 0.29) is 15.8 Å². The molecule has 0 aromatic carbocycles. The Balaban J connectivity index is 0.000000454. The Morgan fingerprint density at radius 2 is 1.64 bits per heavy atom. The molecule has 36 heavy (non-hydrogen) atoms. The first-order valence-electron chi connectivity index (χ1n) is 11.3. The van der Waals surface area contributed by atoms with E-state index < -0.39 is 29.8 Å². The SMILES string of the molecule is CNC(=O)c1csc2c(C(F)(F)F)cc(N3CCC(CNCC4CC4)CC3)nc12.O=C(O)C(F)(F)F. The molecule has 1 saturated carbocycles. The summed E-state index contributed by atoms with van der Waals surface area (Å²) in [6.07, 6.45) is -5.09. The molecule has 4 rings (SSSR count). The van der Waals surface area contributed by atoms with Gasteiger partial charge in [0.05, 0.1) is 21.3 Å². The topological polar surface area (TPSA) is 94.6 Å². The van der Waals surface area contributed by atoms with Crippen LogP contribution in [-0.4, -0.2) is 61.4 Å². The zero-order chi connectivity index (χ0) is 26.7. The molecule has 2 aliphatic rings. The summed E-state index contributed by atoms with van der Waals surface area (Å²) in [5, 5.41) is 14.6. The van der Waals surface area contributed by atoms with E-state index in [2.05, 4.69) is 15.6 Å². The summed E-state index contributed by atoms with van der Waals surface area (Å²) in [5.74, 6) is -1.50. The molecule has 0 unspecified atom stereocenters. The van der Waals surface area contributed by atoms with Gasteiger partial charge in [0, 0.05) is 25.5 Å². The van der Waals surface area contributed by atoms with Crippen LogP contribution in [0.2, 0.25) is 0 Å². The van der Waals surface area contributed by atoms with Crippen LogP contribution in [0, 0.1) is 11.8 Å². The molecular weight excluding hydrogens is 514 g/mol. The number of hydrogen-bond acceptors (Lipinski definition) is 6. The van der Waals surface area contributed by atoms with Gasteiger partial charge in [-0.15, -0.1) is 11.3 Å². The number of amides is 1. The predicted octanol–water partition coefficient (Wildman–Crippen LogP) is 4.52. The average Bonchev–Trinajstić information content (AvgIpc) is 3.53. The van der Waals surface area contributed by atoms with E-state index >= 15 is 0 Å². The largest absolute Gasteiger partial charge is 0.490 e. The highest BCUT2D eigenvalue weighted by Gasteiger charge is 2.38. The molecule has 3 N–H and O–H groups in total. The zero-order valence-corrected chi connectivity index (χ0v) is 20.1. The second-order valence-electron chi connectivity index (χ2n) is 8.77. The van der Waals surface area contributed by atoms with Gasteiger partial charge in [0.25, 0.3) is 5.91 Å². The summed E-state index contributed by atoms with van der Waals surface area (Å²) in [6.45, 7) is 3.39. The predicted molar refractivity (Wildman–Crippen MR) is 122 cm³/mol. The number of rotatable bonds is 6. The highest BCUT2D eigenvalue weighted by Crippen LogP contribution is 2.40. The number of carbonyl (C=O) groups excluding carboxylic acids is 1. The molecule has 1 aliphatic carbocycles. The third kappa shape index (κ3) is 7.21. The molecule has 0 atom stereocenters. The first-order valence-corrected chi connectivity index (χ1v) is 12.2. The highest BCUT2D eigenvalue weighted by molar-refractivity contribution is 7.17. The number of hydrogen-bond donors (Lipinski definition) is 3. The van der Waals surface area contributed by atoms with Gasteiger partial charge in [0.2, 0.25) is 0 Å². The van der Waals surface area contributed by atoms with Gasteiger partial charge in [-0.1, -0.05) is 0 Å². The lowest BCUT2D eigenvalue weighted by atomic mass is 9.96. The molecule has 2 aromatic rings. The van der Waals surface area contributed by atoms with Crippen LogP contribution in [0.4, 0.5) is 32.2 Å². The van der Waals surface area contributed by atoms with Crippen molar-refractivity contribution in [3.63, 3.8) is 0 Å². The Bertz CT molecular complexity index is 1080. The fraction of sp³-hybridized carbons (Fsp3) is 0.591. The maximum Gasteiger partial charge on any atom is 0.490 e. The van der Waals surface area contributed by atoms with Gasteiger partial charge in [-0.05, 0) is 56.7 Å². The molecule has 0 spiro atoms. The Hall–Kier alpha value is -2.61. The van der Waals surface area contributed by atoms with Crippen molar-refractivity contribution in [2.45, 2.75) is 38.0 Å². The Morgan fingerprint density at radius 3 is 2.11 bits per heavy atom. The zero-order valence-electron chi connectivity index (χ0n) is 19.3. The monoisotopic (exact) mass is 540 g/mol. The van der Waals surface area contributed by atoms with Crippen molar-refractivity contribution in [3.05, 3.63) is 22.6 Å². The summed E-state index contributed by atoms with van der Waals surface area (Å²) >= 11 is 0.913. The maximum atomic E-state index is 13.7. The molecule has 0 bridgehead atoms. The molecule has 7 nitrogen and oxygen atoms in total. The van der Waals surface area contributed by atoms with E-state index in [9.17, 15) is 31.1 Å². The lowest BCUT2D eigenvalue weighted by Gasteiger charge is -2.33. The van der Waals surface area contributed by atoms with Crippen molar-refractivity contribution in [2.24, 2.45) is 11.8 Å². The first-order chi connectivity index (χ1) is 16.8. The number of carboxylic acids is 1. The van der Waals surface area contributed by atoms with E-state index in [4.69, 9.17) is 9.90 Å². The molecule has 2 aromatic heterocycles. The molecule has 1 amide bonds. The minimum absolute atomic E-state index is 0.0130. The van der Waals surface area contributed by atoms with Crippen molar-refractivity contribution in [2.75, 3.05) is 38.1 Å². The van der Waals surface area contributed by atoms with Crippen molar-refractivity contribution in [3.8, 4) is 0 Å². The first kappa shape index (κ1) is 28.0. The van der Waals surface area contributed by atoms with Crippen LogP contribution in [0.5, 0.6) is 0 Å². The second kappa shape index (κ2) is 11.2. The normalized spacial score (nSPS) is 17.0. The van der Waals surface area contributed by atoms with E-state index in [1.54, 1.807) is 0 Å². The van der Waals surface area contributed by atoms with Gasteiger partial charge in [-0.2, -0.15) is 26.3 Å². The van der Waals surface area contributed by atoms with Crippen LogP contribution in [0.1, 0.15) is 41.6 Å². The summed E-state index contributed by atoms with van der Waals surface area (Å²) in [5.41, 5.74) is -0.391. The third-order valence-electron chi connectivity index (χ3n) is 6.03. The van der Waals surface area contributed by atoms with Crippen molar-refractivity contribution in [1.29, 1.82) is 0 Å². The number of pyridine rings is 1. The maximum absolute atomic E-state index is 13.7. The lowest BCUT2D eigenvalue weighted by molar-refractivity contribution is -0.192. The van der Waals surface area contributed by atoms with Crippen LogP contribution in [0.15, 0.2) is 11.4 Å². The minimum atomic E-state index is -5.08. The Morgan fingerprint density at radius 1 is 1.08 bits per heavy atom.